The molecule has 1 aromatic carbocycles. The number of amides is 2. The highest BCUT2D eigenvalue weighted by Gasteiger charge is 2.31. The van der Waals surface area contributed by atoms with E-state index < -0.39 is 5.82 Å². The molecule has 1 saturated carbocycles. The summed E-state index contributed by atoms with van der Waals surface area (Å²) in [6, 6.07) is 3.45. The number of aryl methyl sites for hydroxylation is 1. The van der Waals surface area contributed by atoms with Crippen LogP contribution in [0.5, 0.6) is 0 Å². The third kappa shape index (κ3) is 4.25. The van der Waals surface area contributed by atoms with E-state index >= 15 is 4.39 Å². The molecule has 2 aromatic heterocycles. The highest BCUT2D eigenvalue weighted by Crippen LogP contribution is 2.35. The Balaban J connectivity index is 1.37. The lowest BCUT2D eigenvalue weighted by Crippen LogP contribution is -2.36. The van der Waals surface area contributed by atoms with E-state index in [2.05, 4.69) is 15.3 Å². The average Bonchev–Trinajstić information content (AvgIpc) is 3.35. The van der Waals surface area contributed by atoms with Gasteiger partial charge in [-0.3, -0.25) is 14.3 Å². The highest BCUT2D eigenvalue weighted by atomic mass is 35.5. The van der Waals surface area contributed by atoms with Crippen molar-refractivity contribution in [2.75, 3.05) is 20.1 Å². The van der Waals surface area contributed by atoms with Crippen LogP contribution < -0.4 is 0 Å². The monoisotopic (exact) mass is 470 g/mol. The summed E-state index contributed by atoms with van der Waals surface area (Å²) in [5.41, 5.74) is 1.58. The van der Waals surface area contributed by atoms with E-state index in [0.717, 1.165) is 12.8 Å². The van der Waals surface area contributed by atoms with E-state index in [1.807, 2.05) is 6.08 Å². The molecule has 1 fully saturated rings. The molecule has 0 atom stereocenters. The number of rotatable bonds is 6. The van der Waals surface area contributed by atoms with Crippen molar-refractivity contribution in [2.24, 2.45) is 0 Å². The van der Waals surface area contributed by atoms with Crippen LogP contribution in [0.25, 0.3) is 16.5 Å². The van der Waals surface area contributed by atoms with Crippen molar-refractivity contribution in [3.8, 4) is 0 Å². The van der Waals surface area contributed by atoms with E-state index in [1.165, 1.54) is 0 Å². The zero-order chi connectivity index (χ0) is 23.1. The number of H-pyrrole nitrogens is 1. The first-order valence-electron chi connectivity index (χ1n) is 11.0. The van der Waals surface area contributed by atoms with Gasteiger partial charge in [0.05, 0.1) is 23.3 Å². The third-order valence-corrected chi connectivity index (χ3v) is 6.64. The number of halogens is 2. The fourth-order valence-electron chi connectivity index (χ4n) is 4.26. The van der Waals surface area contributed by atoms with Gasteiger partial charge < -0.3 is 14.8 Å². The number of aromatic amines is 1. The number of hydrogen-bond acceptors (Lipinski definition) is 4. The van der Waals surface area contributed by atoms with Crippen molar-refractivity contribution in [3.63, 3.8) is 0 Å². The smallest absolute Gasteiger partial charge is 0.270 e. The molecule has 2 amide bonds. The molecule has 1 aliphatic carbocycles. The quantitative estimate of drug-likeness (QED) is 0.597. The van der Waals surface area contributed by atoms with Crippen molar-refractivity contribution in [1.82, 2.24) is 29.8 Å². The standard InChI is InChI=1S/C23H24ClFN6O2/c1-29(15-4-5-15)23(33)19-12-17-18(24)11-16(21(25)22(17)27-19)14-3-2-8-30(13-14)20(32)6-9-31-10-7-26-28-31/h3,7,10-12,15,27H,2,4-6,8-9,13H2,1H3. The Morgan fingerprint density at radius 1 is 1.33 bits per heavy atom. The van der Waals surface area contributed by atoms with E-state index in [-0.39, 0.29) is 29.8 Å². The van der Waals surface area contributed by atoms with Crippen molar-refractivity contribution >= 4 is 39.9 Å². The maximum atomic E-state index is 15.6. The van der Waals surface area contributed by atoms with Gasteiger partial charge in [0.15, 0.2) is 5.82 Å². The first kappa shape index (κ1) is 21.6. The molecular formula is C23H24ClFN6O2. The second kappa shape index (κ2) is 8.62. The molecule has 0 saturated heterocycles. The SMILES string of the molecule is CN(C(=O)c1cc2c(Cl)cc(C3=CCCN(C(=O)CCn4ccnn4)C3)c(F)c2[nH]1)C1CC1. The molecular weight excluding hydrogens is 447 g/mol. The second-order valence-corrected chi connectivity index (χ2v) is 9.00. The van der Waals surface area contributed by atoms with Gasteiger partial charge in [-0.05, 0) is 37.0 Å². The van der Waals surface area contributed by atoms with Gasteiger partial charge in [0, 0.05) is 49.7 Å². The van der Waals surface area contributed by atoms with E-state index in [0.29, 0.717) is 53.3 Å². The molecule has 1 aliphatic heterocycles. The molecule has 0 bridgehead atoms. The first-order valence-corrected chi connectivity index (χ1v) is 11.4. The predicted molar refractivity (Wildman–Crippen MR) is 122 cm³/mol. The molecule has 172 valence electrons. The molecule has 0 radical (unpaired) electrons. The summed E-state index contributed by atoms with van der Waals surface area (Å²) in [7, 11) is 1.76. The van der Waals surface area contributed by atoms with Gasteiger partial charge in [0.1, 0.15) is 5.69 Å². The van der Waals surface area contributed by atoms with Crippen LogP contribution in [-0.2, 0) is 11.3 Å². The number of fused-ring (bicyclic) bond motifs is 1. The average molecular weight is 471 g/mol. The number of hydrogen-bond donors (Lipinski definition) is 1. The normalized spacial score (nSPS) is 16.2. The maximum Gasteiger partial charge on any atom is 0.270 e. The molecule has 0 unspecified atom stereocenters. The summed E-state index contributed by atoms with van der Waals surface area (Å²) in [4.78, 5) is 31.8. The molecule has 0 spiro atoms. The minimum absolute atomic E-state index is 0.0282. The minimum atomic E-state index is -0.467. The summed E-state index contributed by atoms with van der Waals surface area (Å²) < 4.78 is 17.2. The molecule has 10 heteroatoms. The van der Waals surface area contributed by atoms with E-state index in [1.54, 1.807) is 46.1 Å². The van der Waals surface area contributed by atoms with Crippen LogP contribution >= 0.6 is 11.6 Å². The summed E-state index contributed by atoms with van der Waals surface area (Å²) in [5.74, 6) is -0.669. The fraction of sp³-hybridized carbons (Fsp3) is 0.391. The van der Waals surface area contributed by atoms with Crippen LogP contribution in [0.15, 0.2) is 30.6 Å². The van der Waals surface area contributed by atoms with Crippen molar-refractivity contribution in [2.45, 2.75) is 38.3 Å². The van der Waals surface area contributed by atoms with Crippen LogP contribution in [0, 0.1) is 5.82 Å². The zero-order valence-electron chi connectivity index (χ0n) is 18.2. The van der Waals surface area contributed by atoms with Crippen molar-refractivity contribution in [1.29, 1.82) is 0 Å². The predicted octanol–water partition coefficient (Wildman–Crippen LogP) is 3.49. The summed E-state index contributed by atoms with van der Waals surface area (Å²) in [6.45, 7) is 1.31. The van der Waals surface area contributed by atoms with Gasteiger partial charge in [-0.15, -0.1) is 5.10 Å². The molecule has 3 heterocycles. The number of benzene rings is 1. The maximum absolute atomic E-state index is 15.6. The van der Waals surface area contributed by atoms with E-state index in [4.69, 9.17) is 11.6 Å². The minimum Gasteiger partial charge on any atom is -0.348 e. The summed E-state index contributed by atoms with van der Waals surface area (Å²) in [5, 5.41) is 8.45. The number of carbonyl (C=O) groups is 2. The molecule has 8 nitrogen and oxygen atoms in total. The van der Waals surface area contributed by atoms with Gasteiger partial charge in [-0.25, -0.2) is 4.39 Å². The Morgan fingerprint density at radius 3 is 2.88 bits per heavy atom. The second-order valence-electron chi connectivity index (χ2n) is 8.59. The van der Waals surface area contributed by atoms with Crippen molar-refractivity contribution < 1.29 is 14.0 Å². The van der Waals surface area contributed by atoms with Gasteiger partial charge in [0.25, 0.3) is 5.91 Å². The number of nitrogens with one attached hydrogen (secondary N) is 1. The van der Waals surface area contributed by atoms with E-state index in [9.17, 15) is 9.59 Å². The van der Waals surface area contributed by atoms with Gasteiger partial charge in [0.2, 0.25) is 5.91 Å². The number of aromatic nitrogens is 4. The topological polar surface area (TPSA) is 87.1 Å². The Labute approximate surface area is 195 Å². The Bertz CT molecular complexity index is 1250. The summed E-state index contributed by atoms with van der Waals surface area (Å²) >= 11 is 6.50. The lowest BCUT2D eigenvalue weighted by molar-refractivity contribution is -0.131. The molecule has 3 aromatic rings. The lowest BCUT2D eigenvalue weighted by Gasteiger charge is -2.28. The van der Waals surface area contributed by atoms with Crippen LogP contribution in [0.4, 0.5) is 4.39 Å². The van der Waals surface area contributed by atoms with Gasteiger partial charge in [-0.2, -0.15) is 0 Å². The van der Waals surface area contributed by atoms with Gasteiger partial charge >= 0.3 is 0 Å². The molecule has 5 rings (SSSR count). The number of nitrogens with zero attached hydrogens (tertiary/aromatic N) is 5. The van der Waals surface area contributed by atoms with Crippen LogP contribution in [0.2, 0.25) is 5.02 Å². The fourth-order valence-corrected chi connectivity index (χ4v) is 4.52. The van der Waals surface area contributed by atoms with Gasteiger partial charge in [-0.1, -0.05) is 22.9 Å². The third-order valence-electron chi connectivity index (χ3n) is 6.32. The Hall–Kier alpha value is -3.20. The largest absolute Gasteiger partial charge is 0.348 e. The first-order chi connectivity index (χ1) is 15.9. The molecule has 33 heavy (non-hydrogen) atoms. The molecule has 1 N–H and O–H groups in total. The highest BCUT2D eigenvalue weighted by molar-refractivity contribution is 6.36. The Kier molecular flexibility index (Phi) is 5.65. The zero-order valence-corrected chi connectivity index (χ0v) is 19.0. The van der Waals surface area contributed by atoms with Crippen LogP contribution in [0.1, 0.15) is 41.7 Å². The van der Waals surface area contributed by atoms with Crippen molar-refractivity contribution in [3.05, 3.63) is 52.7 Å². The lowest BCUT2D eigenvalue weighted by atomic mass is 9.99. The number of carbonyl (C=O) groups excluding carboxylic acids is 2. The summed E-state index contributed by atoms with van der Waals surface area (Å²) in [6.07, 6.45) is 8.11. The Morgan fingerprint density at radius 2 is 2.15 bits per heavy atom. The van der Waals surface area contributed by atoms with Crippen LogP contribution in [0.3, 0.4) is 0 Å². The van der Waals surface area contributed by atoms with Crippen LogP contribution in [-0.4, -0.2) is 67.8 Å². The molecule has 2 aliphatic rings.